The maximum Gasteiger partial charge on any atom is 0.266 e. The third-order valence-electron chi connectivity index (χ3n) is 4.47. The molecule has 2 amide bonds. The third kappa shape index (κ3) is 6.58. The van der Waals surface area contributed by atoms with Crippen LogP contribution in [0.5, 0.6) is 11.5 Å². The number of carbonyl (C=O) groups excluding carboxylic acids is 2. The highest BCUT2D eigenvalue weighted by Crippen LogP contribution is 2.27. The smallest absolute Gasteiger partial charge is 0.266 e. The molecule has 0 saturated heterocycles. The molecule has 3 aromatic carbocycles. The number of methoxy groups -OCH3 is 1. The second kappa shape index (κ2) is 11.5. The molecule has 0 fully saturated rings. The zero-order valence-electron chi connectivity index (χ0n) is 18.0. The standard InChI is InChI=1S/C25H19ClFN3O4/c1-33-19-6-4-5-18(13-19)29-25(32)17(14-28)11-16-9-10-23(20(26)12-16)34-15-24(31)30-22-8-3-2-7-21(22)27/h2-13H,15H2,1H3,(H,29,32)(H,30,31)/b17-11-. The quantitative estimate of drug-likeness (QED) is 0.348. The van der Waals surface area contributed by atoms with Crippen LogP contribution >= 0.6 is 11.6 Å². The Morgan fingerprint density at radius 2 is 1.88 bits per heavy atom. The number of rotatable bonds is 8. The second-order valence-corrected chi connectivity index (χ2v) is 7.27. The zero-order chi connectivity index (χ0) is 24.5. The van der Waals surface area contributed by atoms with Crippen LogP contribution in [0, 0.1) is 17.1 Å². The molecule has 0 heterocycles. The van der Waals surface area contributed by atoms with E-state index >= 15 is 0 Å². The highest BCUT2D eigenvalue weighted by atomic mass is 35.5. The first-order chi connectivity index (χ1) is 16.4. The molecule has 7 nitrogen and oxygen atoms in total. The second-order valence-electron chi connectivity index (χ2n) is 6.86. The van der Waals surface area contributed by atoms with Gasteiger partial charge in [0.05, 0.1) is 17.8 Å². The fourth-order valence-electron chi connectivity index (χ4n) is 2.83. The lowest BCUT2D eigenvalue weighted by atomic mass is 10.1. The predicted octanol–water partition coefficient (Wildman–Crippen LogP) is 5.05. The van der Waals surface area contributed by atoms with Gasteiger partial charge >= 0.3 is 0 Å². The minimum Gasteiger partial charge on any atom is -0.497 e. The Balaban J connectivity index is 1.64. The van der Waals surface area contributed by atoms with Gasteiger partial charge in [-0.25, -0.2) is 4.39 Å². The fraction of sp³-hybridized carbons (Fsp3) is 0.0800. The highest BCUT2D eigenvalue weighted by Gasteiger charge is 2.12. The van der Waals surface area contributed by atoms with Gasteiger partial charge in [0.2, 0.25) is 0 Å². The number of halogens is 2. The Morgan fingerprint density at radius 3 is 2.59 bits per heavy atom. The van der Waals surface area contributed by atoms with Crippen LogP contribution < -0.4 is 20.1 Å². The van der Waals surface area contributed by atoms with Crippen LogP contribution in [0.3, 0.4) is 0 Å². The normalized spacial score (nSPS) is 10.7. The van der Waals surface area contributed by atoms with Crippen LogP contribution in [0.2, 0.25) is 5.02 Å². The summed E-state index contributed by atoms with van der Waals surface area (Å²) in [5, 5.41) is 14.6. The number of amides is 2. The Labute approximate surface area is 200 Å². The Hall–Kier alpha value is -4.35. The van der Waals surface area contributed by atoms with E-state index in [1.54, 1.807) is 36.4 Å². The van der Waals surface area contributed by atoms with Crippen molar-refractivity contribution in [2.75, 3.05) is 24.4 Å². The molecule has 0 unspecified atom stereocenters. The first-order valence-corrected chi connectivity index (χ1v) is 10.3. The largest absolute Gasteiger partial charge is 0.497 e. The molecule has 9 heteroatoms. The molecule has 0 saturated carbocycles. The van der Waals surface area contributed by atoms with Gasteiger partial charge in [-0.05, 0) is 48.0 Å². The van der Waals surface area contributed by atoms with E-state index in [9.17, 15) is 19.2 Å². The first kappa shape index (κ1) is 24.3. The van der Waals surface area contributed by atoms with E-state index in [-0.39, 0.29) is 22.0 Å². The van der Waals surface area contributed by atoms with Gasteiger partial charge in [0, 0.05) is 11.8 Å². The lowest BCUT2D eigenvalue weighted by molar-refractivity contribution is -0.118. The minimum atomic E-state index is -0.600. The Morgan fingerprint density at radius 1 is 1.09 bits per heavy atom. The number of anilines is 2. The van der Waals surface area contributed by atoms with Gasteiger partial charge in [0.25, 0.3) is 11.8 Å². The molecule has 0 aliphatic heterocycles. The fourth-order valence-corrected chi connectivity index (χ4v) is 3.07. The van der Waals surface area contributed by atoms with Crippen molar-refractivity contribution >= 4 is 40.9 Å². The number of nitrogens with zero attached hydrogens (tertiary/aromatic N) is 1. The molecule has 3 aromatic rings. The van der Waals surface area contributed by atoms with Crippen LogP contribution in [-0.4, -0.2) is 25.5 Å². The van der Waals surface area contributed by atoms with Gasteiger partial charge in [-0.1, -0.05) is 35.9 Å². The third-order valence-corrected chi connectivity index (χ3v) is 4.76. The lowest BCUT2D eigenvalue weighted by Crippen LogP contribution is -2.20. The molecular formula is C25H19ClFN3O4. The molecule has 0 atom stereocenters. The topological polar surface area (TPSA) is 100 Å². The number of carbonyl (C=O) groups is 2. The number of hydrogen-bond acceptors (Lipinski definition) is 5. The minimum absolute atomic E-state index is 0.0407. The molecule has 0 aliphatic rings. The lowest BCUT2D eigenvalue weighted by Gasteiger charge is -2.10. The molecule has 0 radical (unpaired) electrons. The van der Waals surface area contributed by atoms with E-state index in [1.807, 2.05) is 6.07 Å². The van der Waals surface area contributed by atoms with Crippen LogP contribution in [0.4, 0.5) is 15.8 Å². The van der Waals surface area contributed by atoms with Gasteiger partial charge in [0.1, 0.15) is 29.0 Å². The summed E-state index contributed by atoms with van der Waals surface area (Å²) in [6, 6.07) is 18.9. The van der Waals surface area contributed by atoms with E-state index in [4.69, 9.17) is 21.1 Å². The molecule has 0 aliphatic carbocycles. The van der Waals surface area contributed by atoms with Gasteiger partial charge in [-0.15, -0.1) is 0 Å². The van der Waals surface area contributed by atoms with Crippen LogP contribution in [0.15, 0.2) is 72.3 Å². The van der Waals surface area contributed by atoms with Gasteiger partial charge in [0.15, 0.2) is 6.61 Å². The molecule has 2 N–H and O–H groups in total. The van der Waals surface area contributed by atoms with E-state index in [0.717, 1.165) is 0 Å². The molecule has 34 heavy (non-hydrogen) atoms. The van der Waals surface area contributed by atoms with Crippen molar-refractivity contribution in [3.05, 3.63) is 88.7 Å². The molecule has 3 rings (SSSR count). The summed E-state index contributed by atoms with van der Waals surface area (Å²) in [5.74, 6) is -0.955. The number of nitrogens with one attached hydrogen (secondary N) is 2. The molecule has 172 valence electrons. The first-order valence-electron chi connectivity index (χ1n) is 9.93. The van der Waals surface area contributed by atoms with Gasteiger partial charge in [-0.3, -0.25) is 9.59 Å². The summed E-state index contributed by atoms with van der Waals surface area (Å²) >= 11 is 6.22. The van der Waals surface area contributed by atoms with Crippen molar-refractivity contribution in [1.82, 2.24) is 0 Å². The molecule has 0 bridgehead atoms. The number of nitriles is 1. The number of para-hydroxylation sites is 1. The summed E-state index contributed by atoms with van der Waals surface area (Å²) in [5.41, 5.74) is 0.849. The monoisotopic (exact) mass is 479 g/mol. The average Bonchev–Trinajstić information content (AvgIpc) is 2.83. The molecule has 0 spiro atoms. The summed E-state index contributed by atoms with van der Waals surface area (Å²) in [4.78, 5) is 24.5. The van der Waals surface area contributed by atoms with Crippen molar-refractivity contribution in [2.24, 2.45) is 0 Å². The van der Waals surface area contributed by atoms with Crippen LogP contribution in [0.25, 0.3) is 6.08 Å². The SMILES string of the molecule is COc1cccc(NC(=O)/C(C#N)=C\c2ccc(OCC(=O)Nc3ccccc3F)c(Cl)c2)c1. The summed E-state index contributed by atoms with van der Waals surface area (Å²) in [6.45, 7) is -0.393. The highest BCUT2D eigenvalue weighted by molar-refractivity contribution is 6.32. The number of benzene rings is 3. The van der Waals surface area contributed by atoms with Crippen LogP contribution in [-0.2, 0) is 9.59 Å². The molecular weight excluding hydrogens is 461 g/mol. The van der Waals surface area contributed by atoms with Crippen molar-refractivity contribution in [1.29, 1.82) is 5.26 Å². The maximum atomic E-state index is 13.6. The van der Waals surface area contributed by atoms with E-state index in [1.165, 1.54) is 43.5 Å². The zero-order valence-corrected chi connectivity index (χ0v) is 18.7. The maximum absolute atomic E-state index is 13.6. The van der Waals surface area contributed by atoms with Crippen molar-refractivity contribution in [2.45, 2.75) is 0 Å². The van der Waals surface area contributed by atoms with E-state index in [0.29, 0.717) is 17.0 Å². The summed E-state index contributed by atoms with van der Waals surface area (Å²) < 4.78 is 24.1. The van der Waals surface area contributed by atoms with E-state index in [2.05, 4.69) is 10.6 Å². The van der Waals surface area contributed by atoms with Crippen LogP contribution in [0.1, 0.15) is 5.56 Å². The average molecular weight is 480 g/mol. The van der Waals surface area contributed by atoms with Crippen molar-refractivity contribution in [3.63, 3.8) is 0 Å². The Bertz CT molecular complexity index is 1290. The summed E-state index contributed by atoms with van der Waals surface area (Å²) in [6.07, 6.45) is 1.37. The van der Waals surface area contributed by atoms with Gasteiger partial charge < -0.3 is 20.1 Å². The number of hydrogen-bond donors (Lipinski definition) is 2. The van der Waals surface area contributed by atoms with Crippen molar-refractivity contribution in [3.8, 4) is 17.6 Å². The van der Waals surface area contributed by atoms with Crippen molar-refractivity contribution < 1.29 is 23.5 Å². The number of ether oxygens (including phenoxy) is 2. The van der Waals surface area contributed by atoms with Gasteiger partial charge in [-0.2, -0.15) is 5.26 Å². The van der Waals surface area contributed by atoms with E-state index < -0.39 is 24.2 Å². The summed E-state index contributed by atoms with van der Waals surface area (Å²) in [7, 11) is 1.51. The molecule has 0 aromatic heterocycles. The Kier molecular flexibility index (Phi) is 8.21. The predicted molar refractivity (Wildman–Crippen MR) is 127 cm³/mol.